The maximum Gasteiger partial charge on any atom is 0.221 e. The van der Waals surface area contributed by atoms with E-state index in [-0.39, 0.29) is 29.8 Å². The normalized spacial score (nSPS) is 18.6. The van der Waals surface area contributed by atoms with E-state index in [0.717, 1.165) is 18.4 Å². The van der Waals surface area contributed by atoms with Gasteiger partial charge < -0.3 is 11.1 Å². The van der Waals surface area contributed by atoms with Crippen LogP contribution >= 0.6 is 12.4 Å². The summed E-state index contributed by atoms with van der Waals surface area (Å²) in [5.41, 5.74) is 7.00. The number of hydrogen-bond acceptors (Lipinski definition) is 3. The van der Waals surface area contributed by atoms with Crippen LogP contribution in [0.25, 0.3) is 0 Å². The van der Waals surface area contributed by atoms with Gasteiger partial charge >= 0.3 is 0 Å². The summed E-state index contributed by atoms with van der Waals surface area (Å²) in [7, 11) is 1.88. The van der Waals surface area contributed by atoms with Gasteiger partial charge in [0.05, 0.1) is 12.2 Å². The average molecular weight is 315 g/mol. The molecule has 0 aliphatic heterocycles. The van der Waals surface area contributed by atoms with Crippen molar-refractivity contribution < 1.29 is 4.79 Å². The summed E-state index contributed by atoms with van der Waals surface area (Å²) in [5, 5.41) is 7.20. The molecular weight excluding hydrogens is 288 g/mol. The zero-order valence-corrected chi connectivity index (χ0v) is 13.8. The Morgan fingerprint density at radius 2 is 2.14 bits per heavy atom. The van der Waals surface area contributed by atoms with E-state index in [1.54, 1.807) is 10.9 Å². The SMILES string of the molecule is CC(NC(=O)CC1(CN)CCCCC1)c1cnn(C)c1.Cl. The summed E-state index contributed by atoms with van der Waals surface area (Å²) in [6.07, 6.45) is 10.1. The van der Waals surface area contributed by atoms with Crippen LogP contribution in [0.15, 0.2) is 12.4 Å². The fraction of sp³-hybridized carbons (Fsp3) is 0.733. The van der Waals surface area contributed by atoms with Crippen molar-refractivity contribution in [1.29, 1.82) is 0 Å². The van der Waals surface area contributed by atoms with Gasteiger partial charge in [0.1, 0.15) is 0 Å². The Kier molecular flexibility index (Phi) is 6.68. The highest BCUT2D eigenvalue weighted by molar-refractivity contribution is 5.85. The molecule has 0 aromatic carbocycles. The van der Waals surface area contributed by atoms with E-state index in [9.17, 15) is 4.79 Å². The predicted molar refractivity (Wildman–Crippen MR) is 86.2 cm³/mol. The van der Waals surface area contributed by atoms with E-state index >= 15 is 0 Å². The van der Waals surface area contributed by atoms with Gasteiger partial charge in [-0.1, -0.05) is 19.3 Å². The van der Waals surface area contributed by atoms with Gasteiger partial charge in [-0.15, -0.1) is 12.4 Å². The van der Waals surface area contributed by atoms with Crippen molar-refractivity contribution in [3.8, 4) is 0 Å². The van der Waals surface area contributed by atoms with Crippen LogP contribution in [0.4, 0.5) is 0 Å². The van der Waals surface area contributed by atoms with Gasteiger partial charge in [-0.3, -0.25) is 9.48 Å². The standard InChI is InChI=1S/C15H26N4O.ClH/c1-12(13-9-17-19(2)10-13)18-14(20)8-15(11-16)6-4-3-5-7-15;/h9-10,12H,3-8,11,16H2,1-2H3,(H,18,20);1H. The van der Waals surface area contributed by atoms with Crippen LogP contribution in [0.2, 0.25) is 0 Å². The van der Waals surface area contributed by atoms with Crippen molar-refractivity contribution in [1.82, 2.24) is 15.1 Å². The molecule has 0 spiro atoms. The van der Waals surface area contributed by atoms with Gasteiger partial charge in [0.2, 0.25) is 5.91 Å². The number of carbonyl (C=O) groups excluding carboxylic acids is 1. The molecule has 1 aromatic heterocycles. The summed E-state index contributed by atoms with van der Waals surface area (Å²) in [6.45, 7) is 2.60. The third-order valence-electron chi connectivity index (χ3n) is 4.49. The quantitative estimate of drug-likeness (QED) is 0.876. The van der Waals surface area contributed by atoms with Crippen LogP contribution in [0.5, 0.6) is 0 Å². The van der Waals surface area contributed by atoms with Crippen LogP contribution < -0.4 is 11.1 Å². The lowest BCUT2D eigenvalue weighted by Crippen LogP contribution is -2.39. The second-order valence-electron chi connectivity index (χ2n) is 6.18. The van der Waals surface area contributed by atoms with E-state index in [4.69, 9.17) is 5.73 Å². The van der Waals surface area contributed by atoms with Crippen LogP contribution in [-0.4, -0.2) is 22.2 Å². The van der Waals surface area contributed by atoms with Crippen molar-refractivity contribution in [2.75, 3.05) is 6.54 Å². The highest BCUT2D eigenvalue weighted by atomic mass is 35.5. The lowest BCUT2D eigenvalue weighted by atomic mass is 9.71. The lowest BCUT2D eigenvalue weighted by Gasteiger charge is -2.35. The third kappa shape index (κ3) is 4.71. The van der Waals surface area contributed by atoms with E-state index in [1.165, 1.54) is 19.3 Å². The molecular formula is C15H27ClN4O. The first-order chi connectivity index (χ1) is 9.54. The first-order valence-corrected chi connectivity index (χ1v) is 7.53. The zero-order valence-electron chi connectivity index (χ0n) is 13.0. The molecule has 1 atom stereocenters. The minimum atomic E-state index is -0.00499. The van der Waals surface area contributed by atoms with Gasteiger partial charge in [-0.2, -0.15) is 5.10 Å². The van der Waals surface area contributed by atoms with Crippen LogP contribution in [0.3, 0.4) is 0 Å². The number of aryl methyl sites for hydroxylation is 1. The third-order valence-corrected chi connectivity index (χ3v) is 4.49. The van der Waals surface area contributed by atoms with Crippen molar-refractivity contribution in [2.45, 2.75) is 51.5 Å². The van der Waals surface area contributed by atoms with Crippen LogP contribution in [-0.2, 0) is 11.8 Å². The minimum Gasteiger partial charge on any atom is -0.349 e. The van der Waals surface area contributed by atoms with Gasteiger partial charge in [-0.05, 0) is 31.7 Å². The molecule has 120 valence electrons. The molecule has 1 saturated carbocycles. The second-order valence-corrected chi connectivity index (χ2v) is 6.18. The van der Waals surface area contributed by atoms with Crippen molar-refractivity contribution in [2.24, 2.45) is 18.2 Å². The zero-order chi connectivity index (χ0) is 14.6. The fourth-order valence-corrected chi connectivity index (χ4v) is 3.14. The molecule has 6 heteroatoms. The summed E-state index contributed by atoms with van der Waals surface area (Å²) >= 11 is 0. The molecule has 1 fully saturated rings. The molecule has 0 radical (unpaired) electrons. The molecule has 1 aromatic rings. The van der Waals surface area contributed by atoms with E-state index in [2.05, 4.69) is 10.4 Å². The minimum absolute atomic E-state index is 0. The van der Waals surface area contributed by atoms with Crippen molar-refractivity contribution in [3.63, 3.8) is 0 Å². The van der Waals surface area contributed by atoms with Gasteiger partial charge in [0.15, 0.2) is 0 Å². The Hall–Kier alpha value is -1.07. The number of nitrogens with zero attached hydrogens (tertiary/aromatic N) is 2. The number of halogens is 1. The summed E-state index contributed by atoms with van der Waals surface area (Å²) in [6, 6.07) is -0.00499. The monoisotopic (exact) mass is 314 g/mol. The fourth-order valence-electron chi connectivity index (χ4n) is 3.14. The maximum atomic E-state index is 12.3. The number of amides is 1. The molecule has 1 heterocycles. The van der Waals surface area contributed by atoms with Crippen LogP contribution in [0, 0.1) is 5.41 Å². The molecule has 21 heavy (non-hydrogen) atoms. The molecule has 0 saturated heterocycles. The van der Waals surface area contributed by atoms with Gasteiger partial charge in [-0.25, -0.2) is 0 Å². The summed E-state index contributed by atoms with van der Waals surface area (Å²) in [5.74, 6) is 0.105. The first kappa shape index (κ1) is 18.0. The summed E-state index contributed by atoms with van der Waals surface area (Å²) in [4.78, 5) is 12.3. The Labute approximate surface area is 133 Å². The van der Waals surface area contributed by atoms with Crippen molar-refractivity contribution >= 4 is 18.3 Å². The number of aromatic nitrogens is 2. The number of nitrogens with two attached hydrogens (primary N) is 1. The first-order valence-electron chi connectivity index (χ1n) is 7.53. The number of carbonyl (C=O) groups is 1. The number of hydrogen-bond donors (Lipinski definition) is 2. The molecule has 1 aliphatic carbocycles. The molecule has 1 unspecified atom stereocenters. The van der Waals surface area contributed by atoms with E-state index in [1.807, 2.05) is 20.2 Å². The topological polar surface area (TPSA) is 72.9 Å². The second kappa shape index (κ2) is 7.80. The van der Waals surface area contributed by atoms with Gasteiger partial charge in [0.25, 0.3) is 0 Å². The largest absolute Gasteiger partial charge is 0.349 e. The Bertz CT molecular complexity index is 454. The molecule has 5 nitrogen and oxygen atoms in total. The smallest absolute Gasteiger partial charge is 0.221 e. The van der Waals surface area contributed by atoms with E-state index < -0.39 is 0 Å². The lowest BCUT2D eigenvalue weighted by molar-refractivity contribution is -0.124. The molecule has 1 aliphatic rings. The Morgan fingerprint density at radius 3 is 2.67 bits per heavy atom. The highest BCUT2D eigenvalue weighted by Crippen LogP contribution is 2.38. The summed E-state index contributed by atoms with van der Waals surface area (Å²) < 4.78 is 1.75. The molecule has 0 bridgehead atoms. The predicted octanol–water partition coefficient (Wildman–Crippen LogP) is 2.32. The molecule has 2 rings (SSSR count). The molecule has 1 amide bonds. The average Bonchev–Trinajstić information content (AvgIpc) is 2.86. The Balaban J connectivity index is 0.00000220. The van der Waals surface area contributed by atoms with Crippen LogP contribution in [0.1, 0.15) is 57.1 Å². The highest BCUT2D eigenvalue weighted by Gasteiger charge is 2.33. The number of rotatable bonds is 5. The van der Waals surface area contributed by atoms with E-state index in [0.29, 0.717) is 13.0 Å². The molecule has 3 N–H and O–H groups in total. The van der Waals surface area contributed by atoms with Gasteiger partial charge in [0, 0.05) is 25.2 Å². The van der Waals surface area contributed by atoms with Crippen molar-refractivity contribution in [3.05, 3.63) is 18.0 Å². The maximum absolute atomic E-state index is 12.3. The Morgan fingerprint density at radius 1 is 1.48 bits per heavy atom. The number of nitrogens with one attached hydrogen (secondary N) is 1.